The van der Waals surface area contributed by atoms with Crippen molar-refractivity contribution >= 4 is 40.4 Å². The molecular weight excluding hydrogens is 434 g/mol. The molecule has 0 saturated heterocycles. The summed E-state index contributed by atoms with van der Waals surface area (Å²) in [5, 5.41) is 6.08. The lowest BCUT2D eigenvalue weighted by Gasteiger charge is -2.36. The fraction of sp³-hybridized carbons (Fsp3) is 0.348. The van der Waals surface area contributed by atoms with E-state index in [2.05, 4.69) is 16.9 Å². The Morgan fingerprint density at radius 1 is 1.39 bits per heavy atom. The van der Waals surface area contributed by atoms with E-state index in [1.165, 1.54) is 17.8 Å². The summed E-state index contributed by atoms with van der Waals surface area (Å²) in [6, 6.07) is 6.83. The summed E-state index contributed by atoms with van der Waals surface area (Å²) in [5.74, 6) is -0.205. The average Bonchev–Trinajstić information content (AvgIpc) is 3.12. The summed E-state index contributed by atoms with van der Waals surface area (Å²) in [7, 11) is 0. The molecule has 2 heterocycles. The molecule has 0 fully saturated rings. The molecule has 0 aliphatic carbocycles. The molecule has 8 heteroatoms. The van der Waals surface area contributed by atoms with Crippen LogP contribution >= 0.6 is 23.4 Å². The number of rotatable bonds is 8. The zero-order chi connectivity index (χ0) is 22.5. The van der Waals surface area contributed by atoms with Crippen LogP contribution in [0.5, 0.6) is 0 Å². The predicted octanol–water partition coefficient (Wildman–Crippen LogP) is 4.81. The fourth-order valence-electron chi connectivity index (χ4n) is 3.38. The van der Waals surface area contributed by atoms with E-state index >= 15 is 0 Å². The normalized spacial score (nSPS) is 17.8. The number of nitrogens with one attached hydrogen (secondary N) is 1. The van der Waals surface area contributed by atoms with Crippen molar-refractivity contribution in [3.8, 4) is 0 Å². The second-order valence-corrected chi connectivity index (χ2v) is 8.92. The number of amides is 1. The number of nitrogens with zero attached hydrogens (tertiary/aromatic N) is 2. The molecule has 0 aromatic heterocycles. The molecule has 6 nitrogen and oxygen atoms in total. The molecule has 0 spiro atoms. The second kappa shape index (κ2) is 10.2. The molecule has 1 aromatic carbocycles. The van der Waals surface area contributed by atoms with Crippen molar-refractivity contribution in [1.82, 2.24) is 10.2 Å². The van der Waals surface area contributed by atoms with Crippen molar-refractivity contribution in [2.75, 3.05) is 13.2 Å². The van der Waals surface area contributed by atoms with Gasteiger partial charge in [-0.15, -0.1) is 0 Å². The number of hydrogen-bond acceptors (Lipinski definition) is 6. The summed E-state index contributed by atoms with van der Waals surface area (Å²) in [6.07, 6.45) is 1.69. The molecule has 1 amide bonds. The smallest absolute Gasteiger partial charge is 0.338 e. The van der Waals surface area contributed by atoms with Crippen LogP contribution in [0.2, 0.25) is 5.02 Å². The molecule has 1 N–H and O–H groups in total. The minimum absolute atomic E-state index is 0.0817. The van der Waals surface area contributed by atoms with Crippen LogP contribution in [0.15, 0.2) is 64.3 Å². The Hall–Kier alpha value is -2.51. The Balaban J connectivity index is 1.99. The standard InChI is InChI=1S/C23H26ClN3O3S/c1-5-10-30-22(29)20-15(4)26-23-27(21(20)17-8-6-7-9-18(17)24)16(13-31-23)11-19(28)25-12-14(2)3/h5-9,13-14,21H,1,10-12H2,2-4H3,(H,25,28)/t21-/m1/s1. The van der Waals surface area contributed by atoms with Gasteiger partial charge in [0.2, 0.25) is 5.91 Å². The lowest BCUT2D eigenvalue weighted by molar-refractivity contribution is -0.138. The highest BCUT2D eigenvalue weighted by Crippen LogP contribution is 2.46. The maximum absolute atomic E-state index is 13.0. The van der Waals surface area contributed by atoms with Crippen LogP contribution in [0.4, 0.5) is 0 Å². The van der Waals surface area contributed by atoms with E-state index in [-0.39, 0.29) is 18.9 Å². The number of carbonyl (C=O) groups excluding carboxylic acids is 2. The van der Waals surface area contributed by atoms with Crippen LogP contribution in [-0.2, 0) is 14.3 Å². The zero-order valence-electron chi connectivity index (χ0n) is 17.9. The van der Waals surface area contributed by atoms with Crippen LogP contribution in [0.25, 0.3) is 0 Å². The van der Waals surface area contributed by atoms with Gasteiger partial charge in [-0.2, -0.15) is 0 Å². The van der Waals surface area contributed by atoms with Crippen LogP contribution in [-0.4, -0.2) is 35.1 Å². The molecule has 31 heavy (non-hydrogen) atoms. The third-order valence-electron chi connectivity index (χ3n) is 4.80. The van der Waals surface area contributed by atoms with Crippen molar-refractivity contribution in [3.63, 3.8) is 0 Å². The van der Waals surface area contributed by atoms with Crippen molar-refractivity contribution in [3.05, 3.63) is 69.9 Å². The number of fused-ring (bicyclic) bond motifs is 1. The van der Waals surface area contributed by atoms with E-state index in [1.54, 1.807) is 13.0 Å². The lowest BCUT2D eigenvalue weighted by atomic mass is 9.93. The number of allylic oxidation sites excluding steroid dienone is 1. The minimum atomic E-state index is -0.544. The van der Waals surface area contributed by atoms with Crippen molar-refractivity contribution in [2.45, 2.75) is 33.2 Å². The molecule has 0 unspecified atom stereocenters. The number of benzene rings is 1. The highest BCUT2D eigenvalue weighted by Gasteiger charge is 2.41. The summed E-state index contributed by atoms with van der Waals surface area (Å²) in [5.41, 5.74) is 2.47. The SMILES string of the molecule is C=CCOC(=O)C1=C(C)N=C2SC=C(CC(=O)NCC(C)C)N2[C@@H]1c1ccccc1Cl. The Kier molecular flexibility index (Phi) is 7.62. The lowest BCUT2D eigenvalue weighted by Crippen LogP contribution is -2.38. The second-order valence-electron chi connectivity index (χ2n) is 7.68. The first-order valence-electron chi connectivity index (χ1n) is 10.1. The van der Waals surface area contributed by atoms with Gasteiger partial charge in [0.25, 0.3) is 0 Å². The first-order chi connectivity index (χ1) is 14.8. The number of hydrogen-bond donors (Lipinski definition) is 1. The number of esters is 1. The van der Waals surface area contributed by atoms with Gasteiger partial charge in [0.1, 0.15) is 6.61 Å². The van der Waals surface area contributed by atoms with E-state index in [0.717, 1.165) is 11.3 Å². The number of halogens is 1. The molecule has 3 rings (SSSR count). The number of ether oxygens (including phenoxy) is 1. The van der Waals surface area contributed by atoms with Gasteiger partial charge in [0.05, 0.1) is 23.7 Å². The molecule has 0 saturated carbocycles. The quantitative estimate of drug-likeness (QED) is 0.446. The van der Waals surface area contributed by atoms with Crippen LogP contribution in [0.1, 0.15) is 38.8 Å². The molecule has 1 atom stereocenters. The summed E-state index contributed by atoms with van der Waals surface area (Å²) >= 11 is 7.97. The van der Waals surface area contributed by atoms with Crippen molar-refractivity contribution in [1.29, 1.82) is 0 Å². The van der Waals surface area contributed by atoms with Gasteiger partial charge in [-0.1, -0.05) is 68.1 Å². The largest absolute Gasteiger partial charge is 0.458 e. The van der Waals surface area contributed by atoms with Gasteiger partial charge in [0.15, 0.2) is 5.17 Å². The zero-order valence-corrected chi connectivity index (χ0v) is 19.4. The Bertz CT molecular complexity index is 984. The molecule has 1 aromatic rings. The number of amidine groups is 1. The van der Waals surface area contributed by atoms with E-state index < -0.39 is 12.0 Å². The molecule has 2 aliphatic heterocycles. The van der Waals surface area contributed by atoms with Gasteiger partial charge >= 0.3 is 5.97 Å². The summed E-state index contributed by atoms with van der Waals surface area (Å²) < 4.78 is 5.36. The summed E-state index contributed by atoms with van der Waals surface area (Å²) in [4.78, 5) is 32.1. The van der Waals surface area contributed by atoms with Gasteiger partial charge in [0, 0.05) is 17.3 Å². The van der Waals surface area contributed by atoms with Gasteiger partial charge < -0.3 is 15.0 Å². The fourth-order valence-corrected chi connectivity index (χ4v) is 4.58. The van der Waals surface area contributed by atoms with Crippen molar-refractivity contribution in [2.24, 2.45) is 10.9 Å². The number of aliphatic imine (C=N–C) groups is 1. The third-order valence-corrected chi connectivity index (χ3v) is 6.03. The molecule has 0 radical (unpaired) electrons. The van der Waals surface area contributed by atoms with Crippen LogP contribution in [0.3, 0.4) is 0 Å². The Morgan fingerprint density at radius 2 is 2.13 bits per heavy atom. The molecular formula is C23H26ClN3O3S. The van der Waals surface area contributed by atoms with Gasteiger partial charge in [-0.25, -0.2) is 9.79 Å². The van der Waals surface area contributed by atoms with E-state index in [1.807, 2.05) is 42.4 Å². The Labute approximate surface area is 192 Å². The monoisotopic (exact) mass is 459 g/mol. The maximum atomic E-state index is 13.0. The first kappa shape index (κ1) is 23.2. The van der Waals surface area contributed by atoms with E-state index in [4.69, 9.17) is 16.3 Å². The van der Waals surface area contributed by atoms with E-state index in [9.17, 15) is 9.59 Å². The van der Waals surface area contributed by atoms with Crippen LogP contribution in [0, 0.1) is 5.92 Å². The highest BCUT2D eigenvalue weighted by molar-refractivity contribution is 8.16. The third kappa shape index (κ3) is 5.22. The number of carbonyl (C=O) groups is 2. The topological polar surface area (TPSA) is 71.0 Å². The average molecular weight is 460 g/mol. The minimum Gasteiger partial charge on any atom is -0.458 e. The first-order valence-corrected chi connectivity index (χ1v) is 11.3. The molecule has 0 bridgehead atoms. The number of thioether (sulfide) groups is 1. The molecule has 2 aliphatic rings. The van der Waals surface area contributed by atoms with E-state index in [0.29, 0.717) is 33.9 Å². The van der Waals surface area contributed by atoms with Crippen LogP contribution < -0.4 is 5.32 Å². The predicted molar refractivity (Wildman–Crippen MR) is 125 cm³/mol. The molecule has 164 valence electrons. The highest BCUT2D eigenvalue weighted by atomic mass is 35.5. The van der Waals surface area contributed by atoms with Gasteiger partial charge in [-0.3, -0.25) is 4.79 Å². The Morgan fingerprint density at radius 3 is 2.81 bits per heavy atom. The van der Waals surface area contributed by atoms with Crippen molar-refractivity contribution < 1.29 is 14.3 Å². The maximum Gasteiger partial charge on any atom is 0.338 e. The summed E-state index contributed by atoms with van der Waals surface area (Å²) in [6.45, 7) is 10.2. The van der Waals surface area contributed by atoms with Gasteiger partial charge in [-0.05, 0) is 29.9 Å².